The third kappa shape index (κ3) is 2.01. The minimum absolute atomic E-state index is 0.312. The fourth-order valence-electron chi connectivity index (χ4n) is 4.69. The second-order valence-electron chi connectivity index (χ2n) is 7.31. The molecule has 0 aromatic carbocycles. The maximum absolute atomic E-state index is 11.2. The van der Waals surface area contributed by atoms with E-state index in [2.05, 4.69) is 26.1 Å². The average Bonchev–Trinajstić information content (AvgIpc) is 2.99. The molecule has 0 spiro atoms. The quantitative estimate of drug-likeness (QED) is 0.889. The average molecular weight is 293 g/mol. The molecule has 2 bridgehead atoms. The summed E-state index contributed by atoms with van der Waals surface area (Å²) < 4.78 is 0. The fraction of sp³-hybridized carbons (Fsp3) is 0.688. The topological polar surface area (TPSA) is 49.3 Å². The van der Waals surface area contributed by atoms with Gasteiger partial charge >= 0.3 is 5.97 Å². The lowest BCUT2D eigenvalue weighted by Crippen LogP contribution is -2.50. The molecule has 0 aliphatic heterocycles. The molecule has 1 aromatic heterocycles. The zero-order chi connectivity index (χ0) is 14.5. The summed E-state index contributed by atoms with van der Waals surface area (Å²) in [5.41, 5.74) is 1.62. The van der Waals surface area contributed by atoms with Crippen LogP contribution in [0.15, 0.2) is 11.4 Å². The van der Waals surface area contributed by atoms with Gasteiger partial charge in [0.25, 0.3) is 0 Å². The second kappa shape index (κ2) is 4.57. The van der Waals surface area contributed by atoms with Gasteiger partial charge in [0, 0.05) is 12.6 Å². The smallest absolute Gasteiger partial charge is 0.346 e. The molecule has 3 rings (SSSR count). The van der Waals surface area contributed by atoms with Crippen molar-refractivity contribution in [2.24, 2.45) is 16.7 Å². The Morgan fingerprint density at radius 3 is 2.85 bits per heavy atom. The SMILES string of the molecule is CC12CCC(C1)C(C)(C)C2NCc1ccsc1C(=O)O. The first-order valence-corrected chi connectivity index (χ1v) is 8.25. The summed E-state index contributed by atoms with van der Waals surface area (Å²) >= 11 is 1.31. The van der Waals surface area contributed by atoms with E-state index in [0.717, 1.165) is 11.5 Å². The van der Waals surface area contributed by atoms with Gasteiger partial charge in [-0.25, -0.2) is 4.79 Å². The molecule has 3 nitrogen and oxygen atoms in total. The van der Waals surface area contributed by atoms with Crippen molar-refractivity contribution in [2.45, 2.75) is 52.6 Å². The van der Waals surface area contributed by atoms with Gasteiger partial charge in [-0.3, -0.25) is 0 Å². The van der Waals surface area contributed by atoms with Crippen LogP contribution in [-0.2, 0) is 6.54 Å². The van der Waals surface area contributed by atoms with Crippen molar-refractivity contribution in [3.05, 3.63) is 21.9 Å². The number of aromatic carboxylic acids is 1. The summed E-state index contributed by atoms with van der Waals surface area (Å²) in [5.74, 6) is 0.00151. The van der Waals surface area contributed by atoms with Crippen LogP contribution in [0.1, 0.15) is 55.3 Å². The van der Waals surface area contributed by atoms with Crippen molar-refractivity contribution in [3.8, 4) is 0 Å². The molecule has 2 aliphatic rings. The zero-order valence-corrected chi connectivity index (χ0v) is 13.2. The molecule has 2 N–H and O–H groups in total. The highest BCUT2D eigenvalue weighted by Crippen LogP contribution is 2.62. The lowest BCUT2D eigenvalue weighted by Gasteiger charge is -2.43. The largest absolute Gasteiger partial charge is 0.477 e. The minimum Gasteiger partial charge on any atom is -0.477 e. The van der Waals surface area contributed by atoms with E-state index in [0.29, 0.717) is 28.3 Å². The number of carbonyl (C=O) groups is 1. The Morgan fingerprint density at radius 2 is 2.25 bits per heavy atom. The molecule has 0 amide bonds. The molecule has 3 atom stereocenters. The van der Waals surface area contributed by atoms with E-state index in [1.807, 2.05) is 11.4 Å². The molecule has 2 saturated carbocycles. The van der Waals surface area contributed by atoms with Crippen LogP contribution >= 0.6 is 11.3 Å². The first-order valence-electron chi connectivity index (χ1n) is 7.37. The molecular weight excluding hydrogens is 270 g/mol. The number of hydrogen-bond donors (Lipinski definition) is 2. The highest BCUT2D eigenvalue weighted by molar-refractivity contribution is 7.12. The number of thiophene rings is 1. The van der Waals surface area contributed by atoms with Gasteiger partial charge in [0.1, 0.15) is 4.88 Å². The maximum atomic E-state index is 11.2. The second-order valence-corrected chi connectivity index (χ2v) is 8.23. The minimum atomic E-state index is -0.810. The number of carboxylic acids is 1. The van der Waals surface area contributed by atoms with Gasteiger partial charge in [-0.1, -0.05) is 20.8 Å². The summed E-state index contributed by atoms with van der Waals surface area (Å²) in [6.07, 6.45) is 3.96. The van der Waals surface area contributed by atoms with E-state index in [-0.39, 0.29) is 0 Å². The van der Waals surface area contributed by atoms with E-state index in [9.17, 15) is 9.90 Å². The Balaban J connectivity index is 1.75. The van der Waals surface area contributed by atoms with Crippen molar-refractivity contribution in [1.29, 1.82) is 0 Å². The van der Waals surface area contributed by atoms with Gasteiger partial charge in [-0.2, -0.15) is 0 Å². The summed E-state index contributed by atoms with van der Waals surface area (Å²) in [6.45, 7) is 7.80. The van der Waals surface area contributed by atoms with Gasteiger partial charge < -0.3 is 10.4 Å². The Kier molecular flexibility index (Phi) is 3.22. The Hall–Kier alpha value is -0.870. The normalized spacial score (nSPS) is 34.5. The Morgan fingerprint density at radius 1 is 1.50 bits per heavy atom. The van der Waals surface area contributed by atoms with Crippen LogP contribution < -0.4 is 5.32 Å². The third-order valence-electron chi connectivity index (χ3n) is 5.71. The molecular formula is C16H23NO2S. The lowest BCUT2D eigenvalue weighted by atomic mass is 9.68. The van der Waals surface area contributed by atoms with E-state index in [1.54, 1.807) is 0 Å². The summed E-state index contributed by atoms with van der Waals surface area (Å²) in [6, 6.07) is 2.42. The van der Waals surface area contributed by atoms with Crippen LogP contribution in [0.25, 0.3) is 0 Å². The standard InChI is InChI=1S/C16H23NO2S/c1-15(2)11-4-6-16(3,8-11)14(15)17-9-10-5-7-20-12(10)13(18)19/h5,7,11,14,17H,4,6,8-9H2,1-3H3,(H,18,19). The molecule has 20 heavy (non-hydrogen) atoms. The maximum Gasteiger partial charge on any atom is 0.346 e. The van der Waals surface area contributed by atoms with E-state index in [1.165, 1.54) is 30.6 Å². The summed E-state index contributed by atoms with van der Waals surface area (Å²) in [4.78, 5) is 11.7. The number of nitrogens with one attached hydrogen (secondary N) is 1. The van der Waals surface area contributed by atoms with E-state index in [4.69, 9.17) is 0 Å². The summed E-state index contributed by atoms with van der Waals surface area (Å²) in [5, 5.41) is 14.7. The molecule has 110 valence electrons. The highest BCUT2D eigenvalue weighted by atomic mass is 32.1. The molecule has 2 aliphatic carbocycles. The molecule has 1 heterocycles. The van der Waals surface area contributed by atoms with Crippen LogP contribution in [0.4, 0.5) is 0 Å². The molecule has 4 heteroatoms. The Bertz CT molecular complexity index is 532. The van der Waals surface area contributed by atoms with E-state index >= 15 is 0 Å². The lowest BCUT2D eigenvalue weighted by molar-refractivity contribution is 0.0700. The number of carboxylic acid groups (broad SMARTS) is 1. The van der Waals surface area contributed by atoms with Crippen molar-refractivity contribution in [2.75, 3.05) is 0 Å². The van der Waals surface area contributed by atoms with Gasteiger partial charge in [-0.05, 0) is 53.0 Å². The number of hydrogen-bond acceptors (Lipinski definition) is 3. The van der Waals surface area contributed by atoms with Crippen LogP contribution in [0, 0.1) is 16.7 Å². The monoisotopic (exact) mass is 293 g/mol. The van der Waals surface area contributed by atoms with Gasteiger partial charge in [0.2, 0.25) is 0 Å². The van der Waals surface area contributed by atoms with Gasteiger partial charge in [0.05, 0.1) is 0 Å². The van der Waals surface area contributed by atoms with Crippen LogP contribution in [0.3, 0.4) is 0 Å². The van der Waals surface area contributed by atoms with Crippen molar-refractivity contribution in [1.82, 2.24) is 5.32 Å². The molecule has 3 unspecified atom stereocenters. The van der Waals surface area contributed by atoms with Crippen molar-refractivity contribution in [3.63, 3.8) is 0 Å². The molecule has 1 aromatic rings. The van der Waals surface area contributed by atoms with E-state index < -0.39 is 5.97 Å². The highest BCUT2D eigenvalue weighted by Gasteiger charge is 2.58. The van der Waals surface area contributed by atoms with Crippen LogP contribution in [-0.4, -0.2) is 17.1 Å². The molecule has 2 fully saturated rings. The van der Waals surface area contributed by atoms with Gasteiger partial charge in [0.15, 0.2) is 0 Å². The third-order valence-corrected chi connectivity index (χ3v) is 6.65. The first-order chi connectivity index (χ1) is 9.34. The predicted molar refractivity (Wildman–Crippen MR) is 81.1 cm³/mol. The first kappa shape index (κ1) is 14.1. The molecule has 0 saturated heterocycles. The fourth-order valence-corrected chi connectivity index (χ4v) is 5.45. The number of fused-ring (bicyclic) bond motifs is 2. The number of rotatable bonds is 4. The Labute approximate surface area is 124 Å². The predicted octanol–water partition coefficient (Wildman–Crippen LogP) is 3.75. The van der Waals surface area contributed by atoms with Crippen molar-refractivity contribution >= 4 is 17.3 Å². The van der Waals surface area contributed by atoms with Crippen molar-refractivity contribution < 1.29 is 9.90 Å². The summed E-state index contributed by atoms with van der Waals surface area (Å²) in [7, 11) is 0. The zero-order valence-electron chi connectivity index (χ0n) is 12.4. The van der Waals surface area contributed by atoms with Crippen LogP contribution in [0.5, 0.6) is 0 Å². The van der Waals surface area contributed by atoms with Gasteiger partial charge in [-0.15, -0.1) is 11.3 Å². The molecule has 0 radical (unpaired) electrons. The van der Waals surface area contributed by atoms with Crippen LogP contribution in [0.2, 0.25) is 0 Å².